The normalized spacial score (nSPS) is 31.5. The third-order valence-electron chi connectivity index (χ3n) is 5.23. The number of hydrogen-bond acceptors (Lipinski definition) is 2. The molecule has 0 aromatic heterocycles. The minimum absolute atomic E-state index is 0.449. The van der Waals surface area contributed by atoms with E-state index in [9.17, 15) is 0 Å². The van der Waals surface area contributed by atoms with Crippen molar-refractivity contribution in [3.63, 3.8) is 0 Å². The lowest BCUT2D eigenvalue weighted by molar-refractivity contribution is 0.0658. The van der Waals surface area contributed by atoms with Crippen LogP contribution in [0, 0.1) is 11.8 Å². The zero-order chi connectivity index (χ0) is 12.2. The summed E-state index contributed by atoms with van der Waals surface area (Å²) in [6, 6.07) is 0. The van der Waals surface area contributed by atoms with Crippen LogP contribution in [0.4, 0.5) is 0 Å². The van der Waals surface area contributed by atoms with Crippen LogP contribution in [0.5, 0.6) is 0 Å². The van der Waals surface area contributed by atoms with Gasteiger partial charge in [0.2, 0.25) is 0 Å². The maximum absolute atomic E-state index is 6.51. The molecule has 1 saturated heterocycles. The van der Waals surface area contributed by atoms with Gasteiger partial charge in [-0.15, -0.1) is 0 Å². The van der Waals surface area contributed by atoms with Crippen LogP contribution in [0.3, 0.4) is 0 Å². The molecule has 104 valence electrons. The first-order valence-electron chi connectivity index (χ1n) is 8.16. The summed E-state index contributed by atoms with van der Waals surface area (Å²) in [6.45, 7) is 0.985. The summed E-state index contributed by atoms with van der Waals surface area (Å²) in [5.41, 5.74) is 0.537. The van der Waals surface area contributed by atoms with Gasteiger partial charge in [0.25, 0.3) is 0 Å². The van der Waals surface area contributed by atoms with Gasteiger partial charge in [0, 0.05) is 6.61 Å². The van der Waals surface area contributed by atoms with Gasteiger partial charge in [-0.25, -0.2) is 0 Å². The molecule has 0 N–H and O–H groups in total. The Labute approximate surface area is 114 Å². The van der Waals surface area contributed by atoms with Crippen molar-refractivity contribution in [2.75, 3.05) is 6.61 Å². The molecule has 3 aliphatic rings. The lowest BCUT2D eigenvalue weighted by Crippen LogP contribution is -2.34. The van der Waals surface area contributed by atoms with Gasteiger partial charge < -0.3 is 9.16 Å². The molecule has 0 spiro atoms. The van der Waals surface area contributed by atoms with E-state index in [2.05, 4.69) is 0 Å². The molecule has 1 unspecified atom stereocenters. The molecule has 0 aromatic carbocycles. The maximum Gasteiger partial charge on any atom is 0.190 e. The number of ether oxygens (including phenoxy) is 1. The van der Waals surface area contributed by atoms with Crippen molar-refractivity contribution in [3.05, 3.63) is 0 Å². The first kappa shape index (κ1) is 13.1. The zero-order valence-electron chi connectivity index (χ0n) is 11.6. The van der Waals surface area contributed by atoms with E-state index in [4.69, 9.17) is 9.16 Å². The fourth-order valence-electron chi connectivity index (χ4n) is 4.22. The molecule has 3 rings (SSSR count). The first-order chi connectivity index (χ1) is 8.93. The van der Waals surface area contributed by atoms with Gasteiger partial charge in [0.1, 0.15) is 0 Å². The summed E-state index contributed by atoms with van der Waals surface area (Å²) < 4.78 is 12.3. The number of rotatable bonds is 5. The van der Waals surface area contributed by atoms with E-state index in [1.165, 1.54) is 64.2 Å². The summed E-state index contributed by atoms with van der Waals surface area (Å²) in [7, 11) is -0.449. The molecule has 1 heterocycles. The number of hydrogen-bond donors (Lipinski definition) is 0. The van der Waals surface area contributed by atoms with Crippen molar-refractivity contribution in [3.8, 4) is 0 Å². The van der Waals surface area contributed by atoms with Crippen LogP contribution in [0.15, 0.2) is 0 Å². The summed E-state index contributed by atoms with van der Waals surface area (Å²) in [6.07, 6.45) is 14.7. The highest BCUT2D eigenvalue weighted by atomic mass is 28.2. The van der Waals surface area contributed by atoms with E-state index in [0.717, 1.165) is 18.4 Å². The lowest BCUT2D eigenvalue weighted by Gasteiger charge is -2.30. The Balaban J connectivity index is 1.53. The van der Waals surface area contributed by atoms with Crippen molar-refractivity contribution in [1.29, 1.82) is 0 Å². The molecule has 2 aliphatic carbocycles. The third-order valence-corrected chi connectivity index (χ3v) is 6.82. The minimum atomic E-state index is -0.449. The predicted molar refractivity (Wildman–Crippen MR) is 76.3 cm³/mol. The molecule has 3 heteroatoms. The lowest BCUT2D eigenvalue weighted by atomic mass is 9.89. The second kappa shape index (κ2) is 6.53. The molecule has 18 heavy (non-hydrogen) atoms. The van der Waals surface area contributed by atoms with E-state index in [1.54, 1.807) is 0 Å². The van der Waals surface area contributed by atoms with Crippen molar-refractivity contribution in [2.45, 2.75) is 76.0 Å². The van der Waals surface area contributed by atoms with Crippen molar-refractivity contribution < 1.29 is 9.16 Å². The third kappa shape index (κ3) is 3.17. The van der Waals surface area contributed by atoms with Crippen molar-refractivity contribution in [2.24, 2.45) is 11.8 Å². The van der Waals surface area contributed by atoms with Gasteiger partial charge in [0.05, 0.1) is 11.8 Å². The largest absolute Gasteiger partial charge is 0.418 e. The van der Waals surface area contributed by atoms with E-state index in [0.29, 0.717) is 11.8 Å². The van der Waals surface area contributed by atoms with Gasteiger partial charge in [-0.1, -0.05) is 25.7 Å². The second-order valence-electron chi connectivity index (χ2n) is 6.52. The Morgan fingerprint density at radius 3 is 1.94 bits per heavy atom. The fraction of sp³-hybridized carbons (Fsp3) is 1.00. The van der Waals surface area contributed by atoms with E-state index < -0.39 is 9.76 Å². The summed E-state index contributed by atoms with van der Waals surface area (Å²) in [5, 5.41) is 0. The molecular formula is C15H28O2Si. The van der Waals surface area contributed by atoms with Crippen LogP contribution >= 0.6 is 0 Å². The molecule has 1 aliphatic heterocycles. The van der Waals surface area contributed by atoms with E-state index in [-0.39, 0.29) is 0 Å². The van der Waals surface area contributed by atoms with Crippen LogP contribution in [-0.4, -0.2) is 28.2 Å². The van der Waals surface area contributed by atoms with Gasteiger partial charge >= 0.3 is 0 Å². The average Bonchev–Trinajstić information content (AvgIpc) is 3.14. The molecule has 0 radical (unpaired) electrons. The molecule has 0 amide bonds. The highest BCUT2D eigenvalue weighted by Crippen LogP contribution is 2.39. The van der Waals surface area contributed by atoms with Crippen LogP contribution in [0.1, 0.15) is 64.2 Å². The zero-order valence-corrected chi connectivity index (χ0v) is 13.0. The van der Waals surface area contributed by atoms with Crippen LogP contribution in [-0.2, 0) is 9.16 Å². The molecule has 0 bridgehead atoms. The maximum atomic E-state index is 6.51. The van der Waals surface area contributed by atoms with Gasteiger partial charge in [0.15, 0.2) is 9.76 Å². The van der Waals surface area contributed by atoms with Gasteiger partial charge in [-0.3, -0.25) is 0 Å². The van der Waals surface area contributed by atoms with Crippen molar-refractivity contribution in [1.82, 2.24) is 0 Å². The van der Waals surface area contributed by atoms with Crippen LogP contribution in [0.2, 0.25) is 0 Å². The predicted octanol–water partition coefficient (Wildman–Crippen LogP) is 2.97. The van der Waals surface area contributed by atoms with Gasteiger partial charge in [-0.2, -0.15) is 0 Å². The summed E-state index contributed by atoms with van der Waals surface area (Å²) in [4.78, 5) is 0. The molecule has 2 saturated carbocycles. The second-order valence-corrected chi connectivity index (χ2v) is 8.10. The molecule has 1 atom stereocenters. The highest BCUT2D eigenvalue weighted by molar-refractivity contribution is 6.29. The summed E-state index contributed by atoms with van der Waals surface area (Å²) >= 11 is 0. The Morgan fingerprint density at radius 2 is 1.44 bits per heavy atom. The average molecular weight is 268 g/mol. The minimum Gasteiger partial charge on any atom is -0.418 e. The Hall–Kier alpha value is 0.137. The monoisotopic (exact) mass is 268 g/mol. The van der Waals surface area contributed by atoms with E-state index >= 15 is 0 Å². The molecule has 2 nitrogen and oxygen atoms in total. The topological polar surface area (TPSA) is 18.5 Å². The van der Waals surface area contributed by atoms with Gasteiger partial charge in [-0.05, 0) is 50.4 Å². The fourth-order valence-corrected chi connectivity index (χ4v) is 5.92. The smallest absolute Gasteiger partial charge is 0.190 e. The quantitative estimate of drug-likeness (QED) is 0.714. The van der Waals surface area contributed by atoms with Crippen LogP contribution < -0.4 is 0 Å². The van der Waals surface area contributed by atoms with E-state index in [1.807, 2.05) is 0 Å². The molecule has 3 fully saturated rings. The first-order valence-corrected chi connectivity index (χ1v) is 9.56. The Morgan fingerprint density at radius 1 is 0.833 bits per heavy atom. The standard InChI is InChI=1S/C15H28O2Si/c1-2-7-12(6-1)15(13-8-3-4-9-13)17-18-14-10-5-11-16-14/h12-15H,1-11,18H2. The Bertz CT molecular complexity index is 225. The van der Waals surface area contributed by atoms with Crippen molar-refractivity contribution >= 4 is 9.76 Å². The summed E-state index contributed by atoms with van der Waals surface area (Å²) in [5.74, 6) is 1.78. The SMILES string of the molecule is C1COC([SiH2]OC(C2CCCC2)C2CCCC2)C1. The highest BCUT2D eigenvalue weighted by Gasteiger charge is 2.34. The van der Waals surface area contributed by atoms with Crippen LogP contribution in [0.25, 0.3) is 0 Å². The molecule has 0 aromatic rings. The molecular weight excluding hydrogens is 240 g/mol. The Kier molecular flexibility index (Phi) is 4.77.